The number of likely N-dealkylation sites (N-methyl/N-ethyl adjacent to an activating group) is 1. The van der Waals surface area contributed by atoms with Crippen LogP contribution in [0, 0.1) is 5.92 Å². The fourth-order valence-corrected chi connectivity index (χ4v) is 1.95. The molecule has 3 atom stereocenters. The van der Waals surface area contributed by atoms with Crippen molar-refractivity contribution in [2.24, 2.45) is 11.7 Å². The lowest BCUT2D eigenvalue weighted by Gasteiger charge is -2.39. The Hall–Kier alpha value is -0.0300. The quantitative estimate of drug-likeness (QED) is 0.823. The molecule has 2 N–H and O–H groups in total. The van der Waals surface area contributed by atoms with Crippen LogP contribution >= 0.6 is 24.8 Å². The molecular weight excluding hydrogens is 261 g/mol. The lowest BCUT2D eigenvalue weighted by atomic mass is 10.0. The van der Waals surface area contributed by atoms with Gasteiger partial charge in [-0.05, 0) is 20.9 Å². The monoisotopic (exact) mass is 285 g/mol. The lowest BCUT2D eigenvalue weighted by molar-refractivity contribution is -0.139. The van der Waals surface area contributed by atoms with Gasteiger partial charge in [0, 0.05) is 31.7 Å². The smallest absolute Gasteiger partial charge is 0.227 e. The molecule has 1 aliphatic rings. The van der Waals surface area contributed by atoms with E-state index in [-0.39, 0.29) is 42.7 Å². The Bertz CT molecular complexity index is 239. The summed E-state index contributed by atoms with van der Waals surface area (Å²) in [6, 6.07) is 0.238. The average Bonchev–Trinajstić information content (AvgIpc) is 2.15. The van der Waals surface area contributed by atoms with Gasteiger partial charge in [-0.1, -0.05) is 6.92 Å². The molecule has 1 heterocycles. The van der Waals surface area contributed by atoms with Crippen LogP contribution in [-0.4, -0.2) is 54.5 Å². The van der Waals surface area contributed by atoms with E-state index in [4.69, 9.17) is 5.73 Å². The van der Waals surface area contributed by atoms with Crippen LogP contribution in [0.2, 0.25) is 0 Å². The zero-order chi connectivity index (χ0) is 11.6. The number of piperazine rings is 1. The van der Waals surface area contributed by atoms with Crippen LogP contribution in [0.15, 0.2) is 0 Å². The Labute approximate surface area is 117 Å². The van der Waals surface area contributed by atoms with Gasteiger partial charge < -0.3 is 15.5 Å². The second-order valence-electron chi connectivity index (χ2n) is 4.79. The van der Waals surface area contributed by atoms with E-state index < -0.39 is 0 Å². The molecule has 104 valence electrons. The predicted octanol–water partition coefficient (Wildman–Crippen LogP) is 0.976. The molecule has 1 aliphatic heterocycles. The van der Waals surface area contributed by atoms with Gasteiger partial charge in [0.25, 0.3) is 0 Å². The summed E-state index contributed by atoms with van der Waals surface area (Å²) in [4.78, 5) is 16.3. The van der Waals surface area contributed by atoms with Crippen LogP contribution in [-0.2, 0) is 4.79 Å². The van der Waals surface area contributed by atoms with E-state index in [1.807, 2.05) is 18.7 Å². The van der Waals surface area contributed by atoms with Gasteiger partial charge in [-0.3, -0.25) is 4.79 Å². The molecular formula is C11H25Cl2N3O. The van der Waals surface area contributed by atoms with Crippen LogP contribution in [0.4, 0.5) is 0 Å². The largest absolute Gasteiger partial charge is 0.337 e. The van der Waals surface area contributed by atoms with Gasteiger partial charge in [-0.15, -0.1) is 24.8 Å². The summed E-state index contributed by atoms with van der Waals surface area (Å²) in [5.74, 6) is 0.126. The van der Waals surface area contributed by atoms with Crippen LogP contribution in [0.25, 0.3) is 0 Å². The van der Waals surface area contributed by atoms with E-state index in [1.54, 1.807) is 0 Å². The Morgan fingerprint density at radius 3 is 2.24 bits per heavy atom. The molecule has 0 aromatic heterocycles. The summed E-state index contributed by atoms with van der Waals surface area (Å²) in [5, 5.41) is 0. The molecule has 0 saturated carbocycles. The van der Waals surface area contributed by atoms with Crippen molar-refractivity contribution in [3.63, 3.8) is 0 Å². The minimum Gasteiger partial charge on any atom is -0.337 e. The van der Waals surface area contributed by atoms with Gasteiger partial charge in [0.2, 0.25) is 5.91 Å². The van der Waals surface area contributed by atoms with Gasteiger partial charge in [0.1, 0.15) is 0 Å². The number of hydrogen-bond donors (Lipinski definition) is 1. The van der Waals surface area contributed by atoms with Gasteiger partial charge in [0.05, 0.1) is 5.92 Å². The van der Waals surface area contributed by atoms with Crippen molar-refractivity contribution < 1.29 is 4.79 Å². The molecule has 0 spiro atoms. The van der Waals surface area contributed by atoms with E-state index in [2.05, 4.69) is 18.9 Å². The molecule has 17 heavy (non-hydrogen) atoms. The second-order valence-corrected chi connectivity index (χ2v) is 4.79. The first-order valence-corrected chi connectivity index (χ1v) is 5.68. The number of carbonyl (C=O) groups is 1. The standard InChI is InChI=1S/C11H23N3O.2ClH/c1-8-7-13(4)5-6-14(8)11(15)9(2)10(3)12;;/h8-10H,5-7,12H2,1-4H3;2*1H. The van der Waals surface area contributed by atoms with Crippen molar-refractivity contribution in [1.82, 2.24) is 9.80 Å². The summed E-state index contributed by atoms with van der Waals surface area (Å²) in [6.45, 7) is 8.65. The van der Waals surface area contributed by atoms with Crippen LogP contribution in [0.1, 0.15) is 20.8 Å². The molecule has 0 aromatic carbocycles. The highest BCUT2D eigenvalue weighted by Crippen LogP contribution is 2.13. The summed E-state index contributed by atoms with van der Waals surface area (Å²) < 4.78 is 0. The fraction of sp³-hybridized carbons (Fsp3) is 0.909. The first-order chi connectivity index (χ1) is 6.93. The zero-order valence-electron chi connectivity index (χ0n) is 11.0. The highest BCUT2D eigenvalue weighted by atomic mass is 35.5. The van der Waals surface area contributed by atoms with Gasteiger partial charge >= 0.3 is 0 Å². The van der Waals surface area contributed by atoms with Gasteiger partial charge in [0.15, 0.2) is 0 Å². The third-order valence-corrected chi connectivity index (χ3v) is 3.29. The number of amides is 1. The molecule has 1 fully saturated rings. The Kier molecular flexibility index (Phi) is 9.25. The summed E-state index contributed by atoms with van der Waals surface area (Å²) in [6.07, 6.45) is 0. The van der Waals surface area contributed by atoms with E-state index >= 15 is 0 Å². The maximum atomic E-state index is 12.1. The highest BCUT2D eigenvalue weighted by Gasteiger charge is 2.29. The van der Waals surface area contributed by atoms with Gasteiger partial charge in [-0.25, -0.2) is 0 Å². The average molecular weight is 286 g/mol. The summed E-state index contributed by atoms with van der Waals surface area (Å²) in [5.41, 5.74) is 5.76. The topological polar surface area (TPSA) is 49.6 Å². The Morgan fingerprint density at radius 2 is 1.82 bits per heavy atom. The molecule has 0 aromatic rings. The maximum Gasteiger partial charge on any atom is 0.227 e. The molecule has 1 saturated heterocycles. The highest BCUT2D eigenvalue weighted by molar-refractivity contribution is 5.85. The van der Waals surface area contributed by atoms with Crippen LogP contribution in [0.3, 0.4) is 0 Å². The SMILES string of the molecule is CC(N)C(C)C(=O)N1CCN(C)CC1C.Cl.Cl. The third kappa shape index (κ3) is 5.00. The predicted molar refractivity (Wildman–Crippen MR) is 76.0 cm³/mol. The number of carbonyl (C=O) groups excluding carboxylic acids is 1. The molecule has 1 rings (SSSR count). The van der Waals surface area contributed by atoms with E-state index in [0.717, 1.165) is 19.6 Å². The number of halogens is 2. The van der Waals surface area contributed by atoms with Crippen molar-refractivity contribution in [3.8, 4) is 0 Å². The normalized spacial score (nSPS) is 24.3. The first-order valence-electron chi connectivity index (χ1n) is 5.68. The maximum absolute atomic E-state index is 12.1. The molecule has 4 nitrogen and oxygen atoms in total. The molecule has 0 radical (unpaired) electrons. The van der Waals surface area contributed by atoms with E-state index in [9.17, 15) is 4.79 Å². The fourth-order valence-electron chi connectivity index (χ4n) is 1.95. The molecule has 1 amide bonds. The second kappa shape index (κ2) is 8.14. The Balaban J connectivity index is 0. The minimum absolute atomic E-state index is 0. The van der Waals surface area contributed by atoms with Crippen LogP contribution in [0.5, 0.6) is 0 Å². The molecule has 3 unspecified atom stereocenters. The molecule has 0 aliphatic carbocycles. The number of rotatable bonds is 2. The number of nitrogens with two attached hydrogens (primary N) is 1. The van der Waals surface area contributed by atoms with Crippen molar-refractivity contribution in [3.05, 3.63) is 0 Å². The zero-order valence-corrected chi connectivity index (χ0v) is 12.7. The van der Waals surface area contributed by atoms with E-state index in [0.29, 0.717) is 6.04 Å². The van der Waals surface area contributed by atoms with Crippen molar-refractivity contribution in [2.75, 3.05) is 26.7 Å². The minimum atomic E-state index is -0.0733. The Morgan fingerprint density at radius 1 is 1.29 bits per heavy atom. The summed E-state index contributed by atoms with van der Waals surface area (Å²) in [7, 11) is 2.09. The first kappa shape index (κ1) is 19.3. The van der Waals surface area contributed by atoms with Crippen molar-refractivity contribution >= 4 is 30.7 Å². The van der Waals surface area contributed by atoms with Crippen molar-refractivity contribution in [2.45, 2.75) is 32.9 Å². The van der Waals surface area contributed by atoms with E-state index in [1.165, 1.54) is 0 Å². The number of nitrogens with zero attached hydrogens (tertiary/aromatic N) is 2. The lowest BCUT2D eigenvalue weighted by Crippen LogP contribution is -2.55. The summed E-state index contributed by atoms with van der Waals surface area (Å²) >= 11 is 0. The van der Waals surface area contributed by atoms with Gasteiger partial charge in [-0.2, -0.15) is 0 Å². The van der Waals surface area contributed by atoms with Crippen LogP contribution < -0.4 is 5.73 Å². The molecule has 0 bridgehead atoms. The number of hydrogen-bond acceptors (Lipinski definition) is 3. The van der Waals surface area contributed by atoms with Crippen molar-refractivity contribution in [1.29, 1.82) is 0 Å². The molecule has 6 heteroatoms. The third-order valence-electron chi connectivity index (χ3n) is 3.29.